The molecule has 0 spiro atoms. The van der Waals surface area contributed by atoms with E-state index in [1.165, 1.54) is 7.05 Å². The molecule has 0 aliphatic heterocycles. The number of hydrogen-bond acceptors (Lipinski definition) is 2. The lowest BCUT2D eigenvalue weighted by atomic mass is 10.1. The molecule has 0 heterocycles. The van der Waals surface area contributed by atoms with E-state index in [1.54, 1.807) is 30.3 Å². The van der Waals surface area contributed by atoms with Crippen LogP contribution in [0.25, 0.3) is 0 Å². The predicted octanol–water partition coefficient (Wildman–Crippen LogP) is 3.14. The molecule has 23 heavy (non-hydrogen) atoms. The number of hydrogen-bond donors (Lipinski definition) is 2. The van der Waals surface area contributed by atoms with Crippen LogP contribution < -0.4 is 10.6 Å². The van der Waals surface area contributed by atoms with Crippen molar-refractivity contribution in [1.29, 1.82) is 0 Å². The molecule has 4 nitrogen and oxygen atoms in total. The van der Waals surface area contributed by atoms with E-state index in [-0.39, 0.29) is 18.2 Å². The van der Waals surface area contributed by atoms with Crippen LogP contribution in [0.4, 0.5) is 0 Å². The van der Waals surface area contributed by atoms with Gasteiger partial charge in [0.05, 0.1) is 6.42 Å². The van der Waals surface area contributed by atoms with Gasteiger partial charge in [0, 0.05) is 17.1 Å². The molecule has 0 fully saturated rings. The summed E-state index contributed by atoms with van der Waals surface area (Å²) in [5.41, 5.74) is 1.24. The zero-order valence-corrected chi connectivity index (χ0v) is 14.0. The zero-order chi connectivity index (χ0) is 16.8. The van der Waals surface area contributed by atoms with E-state index in [9.17, 15) is 9.59 Å². The summed E-state index contributed by atoms with van der Waals surface area (Å²) in [6.07, 6.45) is -0.00116. The fraction of sp³-hybridized carbons (Fsp3) is 0.176. The molecule has 6 heteroatoms. The Kier molecular flexibility index (Phi) is 6.02. The molecule has 2 aromatic rings. The van der Waals surface area contributed by atoms with Gasteiger partial charge in [-0.3, -0.25) is 9.59 Å². The Bertz CT molecular complexity index is 685. The SMILES string of the molecule is CNC(=O)C(NC(=O)Cc1c(Cl)cccc1Cl)c1ccccc1. The van der Waals surface area contributed by atoms with Crippen molar-refractivity contribution in [1.82, 2.24) is 10.6 Å². The average Bonchev–Trinajstić information content (AvgIpc) is 2.56. The van der Waals surface area contributed by atoms with E-state index in [4.69, 9.17) is 23.2 Å². The van der Waals surface area contributed by atoms with Gasteiger partial charge in [0.15, 0.2) is 0 Å². The standard InChI is InChI=1S/C17H16Cl2N2O2/c1-20-17(23)16(11-6-3-2-4-7-11)21-15(22)10-12-13(18)8-5-9-14(12)19/h2-9,16H,10H2,1H3,(H,20,23)(H,21,22). The molecule has 120 valence electrons. The molecule has 2 aromatic carbocycles. The van der Waals surface area contributed by atoms with Gasteiger partial charge in [-0.15, -0.1) is 0 Å². The van der Waals surface area contributed by atoms with Gasteiger partial charge in [0.1, 0.15) is 6.04 Å². The van der Waals surface area contributed by atoms with Crippen LogP contribution in [0.1, 0.15) is 17.2 Å². The van der Waals surface area contributed by atoms with Gasteiger partial charge < -0.3 is 10.6 Å². The molecule has 0 saturated heterocycles. The van der Waals surface area contributed by atoms with Crippen molar-refractivity contribution in [2.75, 3.05) is 7.05 Å². The van der Waals surface area contributed by atoms with Gasteiger partial charge in [-0.25, -0.2) is 0 Å². The number of halogens is 2. The lowest BCUT2D eigenvalue weighted by Gasteiger charge is -2.18. The molecule has 1 unspecified atom stereocenters. The highest BCUT2D eigenvalue weighted by Crippen LogP contribution is 2.25. The quantitative estimate of drug-likeness (QED) is 0.870. The van der Waals surface area contributed by atoms with Gasteiger partial charge >= 0.3 is 0 Å². The Morgan fingerprint density at radius 3 is 2.17 bits per heavy atom. The van der Waals surface area contributed by atoms with E-state index in [0.29, 0.717) is 21.2 Å². The average molecular weight is 351 g/mol. The minimum atomic E-state index is -0.769. The third-order valence-electron chi connectivity index (χ3n) is 3.35. The van der Waals surface area contributed by atoms with Crippen molar-refractivity contribution in [2.24, 2.45) is 0 Å². The highest BCUT2D eigenvalue weighted by atomic mass is 35.5. The summed E-state index contributed by atoms with van der Waals surface area (Å²) in [6, 6.07) is 13.3. The molecule has 0 aromatic heterocycles. The summed E-state index contributed by atoms with van der Waals surface area (Å²) in [4.78, 5) is 24.4. The Balaban J connectivity index is 2.17. The molecule has 2 rings (SSSR count). The van der Waals surface area contributed by atoms with E-state index < -0.39 is 6.04 Å². The molecular weight excluding hydrogens is 335 g/mol. The summed E-state index contributed by atoms with van der Waals surface area (Å²) >= 11 is 12.1. The topological polar surface area (TPSA) is 58.2 Å². The Morgan fingerprint density at radius 1 is 1.00 bits per heavy atom. The molecule has 0 saturated carbocycles. The summed E-state index contributed by atoms with van der Waals surface area (Å²) in [7, 11) is 1.52. The van der Waals surface area contributed by atoms with Gasteiger partial charge in [0.2, 0.25) is 11.8 Å². The number of carbonyl (C=O) groups is 2. The summed E-state index contributed by atoms with van der Waals surface area (Å²) < 4.78 is 0. The minimum absolute atomic E-state index is 0.00116. The van der Waals surface area contributed by atoms with Gasteiger partial charge in [-0.05, 0) is 23.3 Å². The van der Waals surface area contributed by atoms with Crippen molar-refractivity contribution in [3.05, 3.63) is 69.7 Å². The predicted molar refractivity (Wildman–Crippen MR) is 91.6 cm³/mol. The number of benzene rings is 2. The van der Waals surface area contributed by atoms with Crippen LogP contribution in [-0.2, 0) is 16.0 Å². The summed E-state index contributed by atoms with van der Waals surface area (Å²) in [6.45, 7) is 0. The number of likely N-dealkylation sites (N-methyl/N-ethyl adjacent to an activating group) is 1. The fourth-order valence-corrected chi connectivity index (χ4v) is 2.69. The van der Waals surface area contributed by atoms with Crippen molar-refractivity contribution < 1.29 is 9.59 Å². The van der Waals surface area contributed by atoms with Crippen molar-refractivity contribution >= 4 is 35.0 Å². The normalized spacial score (nSPS) is 11.6. The van der Waals surface area contributed by atoms with Crippen molar-refractivity contribution in [3.8, 4) is 0 Å². The summed E-state index contributed by atoms with van der Waals surface area (Å²) in [5, 5.41) is 6.11. The third-order valence-corrected chi connectivity index (χ3v) is 4.05. The first-order valence-corrected chi connectivity index (χ1v) is 7.77. The zero-order valence-electron chi connectivity index (χ0n) is 12.5. The monoisotopic (exact) mass is 350 g/mol. The first kappa shape index (κ1) is 17.3. The van der Waals surface area contributed by atoms with Gasteiger partial charge in [0.25, 0.3) is 0 Å². The molecule has 1 atom stereocenters. The van der Waals surface area contributed by atoms with E-state index in [2.05, 4.69) is 10.6 Å². The van der Waals surface area contributed by atoms with Gasteiger partial charge in [-0.2, -0.15) is 0 Å². The second-order valence-corrected chi connectivity index (χ2v) is 5.72. The second kappa shape index (κ2) is 7.99. The van der Waals surface area contributed by atoms with E-state index in [1.807, 2.05) is 18.2 Å². The van der Waals surface area contributed by atoms with Crippen molar-refractivity contribution in [2.45, 2.75) is 12.5 Å². The van der Waals surface area contributed by atoms with Gasteiger partial charge in [-0.1, -0.05) is 59.6 Å². The number of carbonyl (C=O) groups excluding carboxylic acids is 2. The largest absolute Gasteiger partial charge is 0.357 e. The lowest BCUT2D eigenvalue weighted by Crippen LogP contribution is -2.39. The number of nitrogens with one attached hydrogen (secondary N) is 2. The van der Waals surface area contributed by atoms with Crippen molar-refractivity contribution in [3.63, 3.8) is 0 Å². The number of rotatable bonds is 5. The van der Waals surface area contributed by atoms with E-state index in [0.717, 1.165) is 0 Å². The molecule has 0 aliphatic carbocycles. The maximum Gasteiger partial charge on any atom is 0.246 e. The van der Waals surface area contributed by atoms with Crippen LogP contribution in [0.3, 0.4) is 0 Å². The smallest absolute Gasteiger partial charge is 0.246 e. The second-order valence-electron chi connectivity index (χ2n) is 4.90. The first-order valence-electron chi connectivity index (χ1n) is 7.01. The lowest BCUT2D eigenvalue weighted by molar-refractivity contribution is -0.128. The van der Waals surface area contributed by atoms with Crippen LogP contribution in [0, 0.1) is 0 Å². The molecule has 2 amide bonds. The number of amides is 2. The Morgan fingerprint density at radius 2 is 1.61 bits per heavy atom. The van der Waals surface area contributed by atoms with Crippen LogP contribution in [-0.4, -0.2) is 18.9 Å². The third kappa shape index (κ3) is 4.47. The van der Waals surface area contributed by atoms with Crippen LogP contribution in [0.2, 0.25) is 10.0 Å². The molecule has 2 N–H and O–H groups in total. The highest BCUT2D eigenvalue weighted by Gasteiger charge is 2.22. The molecule has 0 radical (unpaired) electrons. The van der Waals surface area contributed by atoms with Crippen LogP contribution >= 0.6 is 23.2 Å². The first-order chi connectivity index (χ1) is 11.0. The fourth-order valence-electron chi connectivity index (χ4n) is 2.16. The Labute approximate surface area is 144 Å². The molecular formula is C17H16Cl2N2O2. The minimum Gasteiger partial charge on any atom is -0.357 e. The van der Waals surface area contributed by atoms with E-state index >= 15 is 0 Å². The maximum absolute atomic E-state index is 12.3. The highest BCUT2D eigenvalue weighted by molar-refractivity contribution is 6.36. The Hall–Kier alpha value is -2.04. The molecule has 0 aliphatic rings. The van der Waals surface area contributed by atoms with Crippen LogP contribution in [0.15, 0.2) is 48.5 Å². The summed E-state index contributed by atoms with van der Waals surface area (Å²) in [5.74, 6) is -0.632. The molecule has 0 bridgehead atoms. The van der Waals surface area contributed by atoms with Crippen LogP contribution in [0.5, 0.6) is 0 Å². The maximum atomic E-state index is 12.3.